The molecular formula is C17H15N3O. The first-order valence-corrected chi connectivity index (χ1v) is 7.18. The molecule has 0 amide bonds. The summed E-state index contributed by atoms with van der Waals surface area (Å²) in [5, 5.41) is 13.9. The standard InChI is InChI=1S/C17H15N3O/c18-9-12-10-19-7-5-17(12)6-8-21-16-13-3-1-2-4-15(13)20-11-14(16)17/h1-4,6,8,11-12,19H,5,7,10H2. The fourth-order valence-corrected chi connectivity index (χ4v) is 3.47. The predicted molar refractivity (Wildman–Crippen MR) is 79.8 cm³/mol. The van der Waals surface area contributed by atoms with Crippen molar-refractivity contribution >= 4 is 10.9 Å². The zero-order valence-electron chi connectivity index (χ0n) is 11.5. The zero-order chi connectivity index (χ0) is 14.3. The van der Waals surface area contributed by atoms with Crippen molar-refractivity contribution in [3.63, 3.8) is 0 Å². The van der Waals surface area contributed by atoms with Gasteiger partial charge in [0.25, 0.3) is 0 Å². The number of nitriles is 1. The van der Waals surface area contributed by atoms with Gasteiger partial charge in [-0.1, -0.05) is 12.1 Å². The van der Waals surface area contributed by atoms with Gasteiger partial charge < -0.3 is 10.1 Å². The molecule has 2 aromatic rings. The number of para-hydroxylation sites is 1. The number of nitrogens with zero attached hydrogens (tertiary/aromatic N) is 2. The van der Waals surface area contributed by atoms with Gasteiger partial charge in [0.05, 0.1) is 23.8 Å². The molecule has 2 unspecified atom stereocenters. The van der Waals surface area contributed by atoms with Crippen molar-refractivity contribution < 1.29 is 4.74 Å². The lowest BCUT2D eigenvalue weighted by atomic mass is 9.66. The Morgan fingerprint density at radius 3 is 3.19 bits per heavy atom. The molecule has 2 aliphatic rings. The summed E-state index contributed by atoms with van der Waals surface area (Å²) >= 11 is 0. The quantitative estimate of drug-likeness (QED) is 0.804. The van der Waals surface area contributed by atoms with Crippen molar-refractivity contribution in [1.82, 2.24) is 10.3 Å². The molecule has 1 aromatic carbocycles. The monoisotopic (exact) mass is 277 g/mol. The van der Waals surface area contributed by atoms with Crippen LogP contribution in [0.2, 0.25) is 0 Å². The SMILES string of the molecule is N#CC1CNCCC12C=COc1c2cnc2ccccc12. The van der Waals surface area contributed by atoms with Crippen LogP contribution in [0.4, 0.5) is 0 Å². The van der Waals surface area contributed by atoms with Gasteiger partial charge in [-0.3, -0.25) is 4.98 Å². The maximum absolute atomic E-state index is 9.56. The highest BCUT2D eigenvalue weighted by Gasteiger charge is 2.44. The maximum atomic E-state index is 9.56. The molecule has 4 rings (SSSR count). The van der Waals surface area contributed by atoms with Crippen molar-refractivity contribution in [2.24, 2.45) is 5.92 Å². The van der Waals surface area contributed by atoms with Crippen LogP contribution in [-0.2, 0) is 5.41 Å². The number of hydrogen-bond donors (Lipinski definition) is 1. The van der Waals surface area contributed by atoms with Gasteiger partial charge in [-0.2, -0.15) is 5.26 Å². The van der Waals surface area contributed by atoms with Crippen LogP contribution in [0.25, 0.3) is 10.9 Å². The topological polar surface area (TPSA) is 57.9 Å². The number of fused-ring (bicyclic) bond motifs is 4. The van der Waals surface area contributed by atoms with Gasteiger partial charge in [0, 0.05) is 29.1 Å². The molecule has 3 heterocycles. The summed E-state index contributed by atoms with van der Waals surface area (Å²) < 4.78 is 5.81. The number of piperidine rings is 1. The highest BCUT2D eigenvalue weighted by Crippen LogP contribution is 2.47. The van der Waals surface area contributed by atoms with E-state index in [4.69, 9.17) is 4.74 Å². The average Bonchev–Trinajstić information content (AvgIpc) is 2.55. The van der Waals surface area contributed by atoms with Gasteiger partial charge in [0.2, 0.25) is 0 Å². The molecule has 0 bridgehead atoms. The maximum Gasteiger partial charge on any atom is 0.141 e. The Hall–Kier alpha value is -2.38. The molecule has 0 aliphatic carbocycles. The molecule has 1 aromatic heterocycles. The van der Waals surface area contributed by atoms with Gasteiger partial charge in [-0.15, -0.1) is 0 Å². The largest absolute Gasteiger partial charge is 0.464 e. The number of rotatable bonds is 0. The Bertz CT molecular complexity index is 777. The molecule has 2 atom stereocenters. The highest BCUT2D eigenvalue weighted by atomic mass is 16.5. The third kappa shape index (κ3) is 1.68. The second-order valence-corrected chi connectivity index (χ2v) is 5.61. The predicted octanol–water partition coefficient (Wildman–Crippen LogP) is 2.51. The number of nitrogens with one attached hydrogen (secondary N) is 1. The van der Waals surface area contributed by atoms with E-state index in [0.717, 1.165) is 35.2 Å². The summed E-state index contributed by atoms with van der Waals surface area (Å²) in [5.41, 5.74) is 1.67. The molecule has 104 valence electrons. The lowest BCUT2D eigenvalue weighted by molar-refractivity contribution is 0.280. The van der Waals surface area contributed by atoms with Crippen molar-refractivity contribution in [3.8, 4) is 11.8 Å². The smallest absolute Gasteiger partial charge is 0.141 e. The van der Waals surface area contributed by atoms with Crippen LogP contribution in [0.15, 0.2) is 42.8 Å². The molecule has 21 heavy (non-hydrogen) atoms. The first-order chi connectivity index (χ1) is 10.3. The number of aromatic nitrogens is 1. The van der Waals surface area contributed by atoms with E-state index in [1.807, 2.05) is 36.5 Å². The van der Waals surface area contributed by atoms with Crippen LogP contribution in [0.1, 0.15) is 12.0 Å². The Kier molecular flexibility index (Phi) is 2.69. The summed E-state index contributed by atoms with van der Waals surface area (Å²) in [7, 11) is 0. The van der Waals surface area contributed by atoms with E-state index >= 15 is 0 Å². The Labute approximate surface area is 123 Å². The summed E-state index contributed by atoms with van der Waals surface area (Å²) in [6.45, 7) is 1.60. The number of allylic oxidation sites excluding steroid dienone is 1. The van der Waals surface area contributed by atoms with Gasteiger partial charge in [0.15, 0.2) is 0 Å². The minimum Gasteiger partial charge on any atom is -0.464 e. The second-order valence-electron chi connectivity index (χ2n) is 5.61. The minimum absolute atomic E-state index is 0.104. The van der Waals surface area contributed by atoms with E-state index < -0.39 is 0 Å². The van der Waals surface area contributed by atoms with E-state index in [1.54, 1.807) is 6.26 Å². The number of ether oxygens (including phenoxy) is 1. The van der Waals surface area contributed by atoms with Gasteiger partial charge in [-0.05, 0) is 31.2 Å². The minimum atomic E-state index is -0.287. The van der Waals surface area contributed by atoms with Gasteiger partial charge in [0.1, 0.15) is 5.75 Å². The first-order valence-electron chi connectivity index (χ1n) is 7.18. The van der Waals surface area contributed by atoms with Crippen molar-refractivity contribution in [2.45, 2.75) is 11.8 Å². The molecule has 4 nitrogen and oxygen atoms in total. The lowest BCUT2D eigenvalue weighted by Crippen LogP contribution is -2.47. The van der Waals surface area contributed by atoms with Crippen LogP contribution >= 0.6 is 0 Å². The second kappa shape index (κ2) is 4.57. The summed E-state index contributed by atoms with van der Waals surface area (Å²) in [6.07, 6.45) is 6.56. The molecule has 1 spiro atoms. The van der Waals surface area contributed by atoms with E-state index in [2.05, 4.69) is 16.4 Å². The number of benzene rings is 1. The molecule has 0 saturated carbocycles. The van der Waals surface area contributed by atoms with Crippen LogP contribution < -0.4 is 10.1 Å². The Balaban J connectivity index is 1.98. The highest BCUT2D eigenvalue weighted by molar-refractivity contribution is 5.87. The zero-order valence-corrected chi connectivity index (χ0v) is 11.5. The molecular weight excluding hydrogens is 262 g/mol. The van der Waals surface area contributed by atoms with Crippen LogP contribution in [0.5, 0.6) is 5.75 Å². The van der Waals surface area contributed by atoms with E-state index in [0.29, 0.717) is 6.54 Å². The van der Waals surface area contributed by atoms with Crippen LogP contribution in [0, 0.1) is 17.2 Å². The van der Waals surface area contributed by atoms with E-state index in [1.165, 1.54) is 0 Å². The first kappa shape index (κ1) is 12.4. The Morgan fingerprint density at radius 1 is 1.38 bits per heavy atom. The van der Waals surface area contributed by atoms with E-state index in [-0.39, 0.29) is 11.3 Å². The van der Waals surface area contributed by atoms with Gasteiger partial charge >= 0.3 is 0 Å². The summed E-state index contributed by atoms with van der Waals surface area (Å²) in [6, 6.07) is 10.4. The Morgan fingerprint density at radius 2 is 2.29 bits per heavy atom. The third-order valence-electron chi connectivity index (χ3n) is 4.62. The fourth-order valence-electron chi connectivity index (χ4n) is 3.47. The normalized spacial score (nSPS) is 27.1. The third-order valence-corrected chi connectivity index (χ3v) is 4.62. The van der Waals surface area contributed by atoms with Crippen molar-refractivity contribution in [3.05, 3.63) is 48.4 Å². The van der Waals surface area contributed by atoms with Crippen molar-refractivity contribution in [1.29, 1.82) is 5.26 Å². The van der Waals surface area contributed by atoms with Crippen molar-refractivity contribution in [2.75, 3.05) is 13.1 Å². The van der Waals surface area contributed by atoms with E-state index in [9.17, 15) is 5.26 Å². The molecule has 2 aliphatic heterocycles. The number of pyridine rings is 1. The molecule has 4 heteroatoms. The molecule has 0 radical (unpaired) electrons. The molecule has 1 N–H and O–H groups in total. The lowest BCUT2D eigenvalue weighted by Gasteiger charge is -2.41. The van der Waals surface area contributed by atoms with Gasteiger partial charge in [-0.25, -0.2) is 0 Å². The molecule has 1 fully saturated rings. The fraction of sp³-hybridized carbons (Fsp3) is 0.294. The van der Waals surface area contributed by atoms with Crippen LogP contribution in [-0.4, -0.2) is 18.1 Å². The van der Waals surface area contributed by atoms with Crippen LogP contribution in [0.3, 0.4) is 0 Å². The summed E-state index contributed by atoms with van der Waals surface area (Å²) in [4.78, 5) is 4.57. The average molecular weight is 277 g/mol. The summed E-state index contributed by atoms with van der Waals surface area (Å²) in [5.74, 6) is 0.748. The number of hydrogen-bond acceptors (Lipinski definition) is 4. The molecule has 1 saturated heterocycles.